The SMILES string of the molecule is Cc1ccc(N2CC(CN3CC(C)C3)C2)cc1. The largest absolute Gasteiger partial charge is 0.371 e. The number of nitrogens with zero attached hydrogens (tertiary/aromatic N) is 2. The van der Waals surface area contributed by atoms with Gasteiger partial charge in [-0.2, -0.15) is 0 Å². The zero-order valence-electron chi connectivity index (χ0n) is 10.9. The molecule has 92 valence electrons. The van der Waals surface area contributed by atoms with Crippen molar-refractivity contribution in [2.24, 2.45) is 11.8 Å². The Morgan fingerprint density at radius 1 is 1.06 bits per heavy atom. The molecule has 2 saturated heterocycles. The summed E-state index contributed by atoms with van der Waals surface area (Å²) in [5, 5.41) is 0. The Kier molecular flexibility index (Phi) is 2.83. The van der Waals surface area contributed by atoms with Crippen molar-refractivity contribution in [3.63, 3.8) is 0 Å². The summed E-state index contributed by atoms with van der Waals surface area (Å²) in [6, 6.07) is 8.91. The van der Waals surface area contributed by atoms with Gasteiger partial charge in [-0.3, -0.25) is 0 Å². The molecule has 0 radical (unpaired) electrons. The minimum atomic E-state index is 0.892. The summed E-state index contributed by atoms with van der Waals surface area (Å²) in [4.78, 5) is 5.09. The molecule has 0 saturated carbocycles. The Morgan fingerprint density at radius 2 is 1.71 bits per heavy atom. The van der Waals surface area contributed by atoms with Crippen LogP contribution in [0.2, 0.25) is 0 Å². The first kappa shape index (κ1) is 11.1. The second-order valence-corrected chi connectivity index (χ2v) is 5.93. The van der Waals surface area contributed by atoms with Gasteiger partial charge in [-0.05, 0) is 25.0 Å². The summed E-state index contributed by atoms with van der Waals surface area (Å²) in [5.74, 6) is 1.83. The first-order valence-electron chi connectivity index (χ1n) is 6.74. The van der Waals surface area contributed by atoms with E-state index in [9.17, 15) is 0 Å². The highest BCUT2D eigenvalue weighted by molar-refractivity contribution is 5.49. The van der Waals surface area contributed by atoms with Gasteiger partial charge in [0.2, 0.25) is 0 Å². The highest BCUT2D eigenvalue weighted by Gasteiger charge is 2.31. The molecule has 2 nitrogen and oxygen atoms in total. The third-order valence-corrected chi connectivity index (χ3v) is 4.01. The van der Waals surface area contributed by atoms with Crippen LogP contribution in [0.5, 0.6) is 0 Å². The van der Waals surface area contributed by atoms with E-state index in [1.54, 1.807) is 0 Å². The molecule has 17 heavy (non-hydrogen) atoms. The van der Waals surface area contributed by atoms with Gasteiger partial charge >= 0.3 is 0 Å². The molecule has 0 unspecified atom stereocenters. The van der Waals surface area contributed by atoms with E-state index in [-0.39, 0.29) is 0 Å². The van der Waals surface area contributed by atoms with Gasteiger partial charge < -0.3 is 9.80 Å². The van der Waals surface area contributed by atoms with Gasteiger partial charge in [0.15, 0.2) is 0 Å². The molecule has 0 bridgehead atoms. The van der Waals surface area contributed by atoms with Gasteiger partial charge in [0.1, 0.15) is 0 Å². The van der Waals surface area contributed by atoms with Crippen LogP contribution >= 0.6 is 0 Å². The van der Waals surface area contributed by atoms with Crippen molar-refractivity contribution in [2.75, 3.05) is 37.6 Å². The van der Waals surface area contributed by atoms with E-state index in [0.717, 1.165) is 11.8 Å². The normalized spacial score (nSPS) is 22.4. The molecule has 3 rings (SSSR count). The summed E-state index contributed by atoms with van der Waals surface area (Å²) >= 11 is 0. The molecule has 2 heteroatoms. The zero-order chi connectivity index (χ0) is 11.8. The van der Waals surface area contributed by atoms with Crippen LogP contribution in [0.1, 0.15) is 12.5 Å². The average molecular weight is 230 g/mol. The molecule has 1 aromatic carbocycles. The van der Waals surface area contributed by atoms with Gasteiger partial charge in [-0.25, -0.2) is 0 Å². The molecule has 0 aliphatic carbocycles. The Morgan fingerprint density at radius 3 is 2.29 bits per heavy atom. The van der Waals surface area contributed by atoms with Crippen molar-refractivity contribution >= 4 is 5.69 Å². The topological polar surface area (TPSA) is 6.48 Å². The van der Waals surface area contributed by atoms with Crippen LogP contribution in [0, 0.1) is 18.8 Å². The molecule has 0 spiro atoms. The van der Waals surface area contributed by atoms with Crippen LogP contribution in [-0.4, -0.2) is 37.6 Å². The van der Waals surface area contributed by atoms with E-state index >= 15 is 0 Å². The molecule has 2 aliphatic rings. The summed E-state index contributed by atoms with van der Waals surface area (Å²) in [7, 11) is 0. The van der Waals surface area contributed by atoms with Crippen LogP contribution < -0.4 is 4.90 Å². The van der Waals surface area contributed by atoms with Crippen molar-refractivity contribution in [3.05, 3.63) is 29.8 Å². The van der Waals surface area contributed by atoms with Crippen LogP contribution in [0.25, 0.3) is 0 Å². The summed E-state index contributed by atoms with van der Waals surface area (Å²) < 4.78 is 0. The monoisotopic (exact) mass is 230 g/mol. The predicted molar refractivity (Wildman–Crippen MR) is 72.5 cm³/mol. The van der Waals surface area contributed by atoms with Gasteiger partial charge in [0.25, 0.3) is 0 Å². The molecule has 0 N–H and O–H groups in total. The van der Waals surface area contributed by atoms with Gasteiger partial charge in [-0.15, -0.1) is 0 Å². The number of anilines is 1. The van der Waals surface area contributed by atoms with E-state index in [4.69, 9.17) is 0 Å². The van der Waals surface area contributed by atoms with Crippen LogP contribution in [0.15, 0.2) is 24.3 Å². The van der Waals surface area contributed by atoms with Crippen molar-refractivity contribution < 1.29 is 0 Å². The van der Waals surface area contributed by atoms with E-state index in [1.807, 2.05) is 0 Å². The van der Waals surface area contributed by atoms with Crippen LogP contribution in [-0.2, 0) is 0 Å². The van der Waals surface area contributed by atoms with Crippen molar-refractivity contribution in [1.82, 2.24) is 4.90 Å². The van der Waals surface area contributed by atoms with Crippen molar-refractivity contribution in [1.29, 1.82) is 0 Å². The summed E-state index contributed by atoms with van der Waals surface area (Å²) in [6.45, 7) is 10.9. The fourth-order valence-corrected chi connectivity index (χ4v) is 2.99. The number of hydrogen-bond donors (Lipinski definition) is 0. The fourth-order valence-electron chi connectivity index (χ4n) is 2.99. The fraction of sp³-hybridized carbons (Fsp3) is 0.600. The van der Waals surface area contributed by atoms with Crippen LogP contribution in [0.3, 0.4) is 0 Å². The van der Waals surface area contributed by atoms with Crippen molar-refractivity contribution in [3.8, 4) is 0 Å². The molecule has 2 heterocycles. The van der Waals surface area contributed by atoms with Gasteiger partial charge in [0.05, 0.1) is 0 Å². The Bertz CT molecular complexity index is 372. The first-order chi connectivity index (χ1) is 8.20. The van der Waals surface area contributed by atoms with E-state index in [1.165, 1.54) is 44.0 Å². The van der Waals surface area contributed by atoms with E-state index in [0.29, 0.717) is 0 Å². The lowest BCUT2D eigenvalue weighted by atomic mass is 9.94. The number of rotatable bonds is 3. The minimum Gasteiger partial charge on any atom is -0.371 e. The quantitative estimate of drug-likeness (QED) is 0.786. The maximum Gasteiger partial charge on any atom is 0.0366 e. The lowest BCUT2D eigenvalue weighted by Gasteiger charge is -2.46. The molecule has 0 atom stereocenters. The highest BCUT2D eigenvalue weighted by Crippen LogP contribution is 2.27. The maximum atomic E-state index is 2.60. The smallest absolute Gasteiger partial charge is 0.0366 e. The lowest BCUT2D eigenvalue weighted by Crippen LogP contribution is -2.55. The van der Waals surface area contributed by atoms with Gasteiger partial charge in [0, 0.05) is 44.3 Å². The maximum absolute atomic E-state index is 2.60. The van der Waals surface area contributed by atoms with Crippen molar-refractivity contribution in [2.45, 2.75) is 13.8 Å². The Labute approximate surface area is 104 Å². The second kappa shape index (κ2) is 4.34. The number of aryl methyl sites for hydroxylation is 1. The Balaban J connectivity index is 1.46. The first-order valence-corrected chi connectivity index (χ1v) is 6.74. The average Bonchev–Trinajstić information content (AvgIpc) is 2.21. The van der Waals surface area contributed by atoms with Crippen LogP contribution in [0.4, 0.5) is 5.69 Å². The molecule has 0 aromatic heterocycles. The summed E-state index contributed by atoms with van der Waals surface area (Å²) in [5.41, 5.74) is 2.74. The molecule has 1 aromatic rings. The third-order valence-electron chi connectivity index (χ3n) is 4.01. The molecular weight excluding hydrogens is 208 g/mol. The number of benzene rings is 1. The summed E-state index contributed by atoms with van der Waals surface area (Å²) in [6.07, 6.45) is 0. The number of hydrogen-bond acceptors (Lipinski definition) is 2. The van der Waals surface area contributed by atoms with E-state index in [2.05, 4.69) is 47.9 Å². The van der Waals surface area contributed by atoms with E-state index < -0.39 is 0 Å². The Hall–Kier alpha value is -1.02. The second-order valence-electron chi connectivity index (χ2n) is 5.93. The number of likely N-dealkylation sites (tertiary alicyclic amines) is 1. The zero-order valence-corrected chi connectivity index (χ0v) is 10.9. The molecular formula is C15H22N2. The third kappa shape index (κ3) is 2.32. The highest BCUT2D eigenvalue weighted by atomic mass is 15.2. The standard InChI is InChI=1S/C15H22N2/c1-12-3-5-15(6-4-12)17-10-14(11-17)9-16-7-13(2)8-16/h3-6,13-14H,7-11H2,1-2H3. The molecule has 2 fully saturated rings. The predicted octanol–water partition coefficient (Wildman–Crippen LogP) is 2.38. The van der Waals surface area contributed by atoms with Gasteiger partial charge in [-0.1, -0.05) is 24.6 Å². The molecule has 0 amide bonds. The lowest BCUT2D eigenvalue weighted by molar-refractivity contribution is 0.0856. The molecule has 2 aliphatic heterocycles. The minimum absolute atomic E-state index is 0.892.